The molecule has 0 unspecified atom stereocenters. The smallest absolute Gasteiger partial charge is 0.153 e. The highest BCUT2D eigenvalue weighted by Gasteiger charge is 2.19. The van der Waals surface area contributed by atoms with E-state index >= 15 is 0 Å². The summed E-state index contributed by atoms with van der Waals surface area (Å²) >= 11 is 0. The van der Waals surface area contributed by atoms with Crippen molar-refractivity contribution in [1.29, 1.82) is 0 Å². The second kappa shape index (κ2) is 3.93. The molecule has 1 aromatic carbocycles. The topological polar surface area (TPSA) is 23.6 Å². The van der Waals surface area contributed by atoms with Gasteiger partial charge in [-0.15, -0.1) is 0 Å². The number of rotatable bonds is 2. The fourth-order valence-electron chi connectivity index (χ4n) is 1.82. The van der Waals surface area contributed by atoms with E-state index in [1.165, 1.54) is 5.69 Å². The summed E-state index contributed by atoms with van der Waals surface area (Å²) < 4.78 is 0. The zero-order valence-electron chi connectivity index (χ0n) is 9.23. The van der Waals surface area contributed by atoms with Crippen molar-refractivity contribution in [2.24, 2.45) is 0 Å². The van der Waals surface area contributed by atoms with Crippen LogP contribution in [0.15, 0.2) is 24.3 Å². The van der Waals surface area contributed by atoms with Crippen molar-refractivity contribution in [3.05, 3.63) is 24.3 Å². The third-order valence-electron chi connectivity index (χ3n) is 2.74. The summed E-state index contributed by atoms with van der Waals surface area (Å²) in [7, 11) is 4.04. The maximum Gasteiger partial charge on any atom is 0.153 e. The summed E-state index contributed by atoms with van der Waals surface area (Å²) in [6.45, 7) is 1.42. The third-order valence-corrected chi connectivity index (χ3v) is 2.74. The Morgan fingerprint density at radius 2 is 2.13 bits per heavy atom. The number of nitrogens with zero attached hydrogens (tertiary/aromatic N) is 2. The van der Waals surface area contributed by atoms with Gasteiger partial charge < -0.3 is 9.80 Å². The summed E-state index contributed by atoms with van der Waals surface area (Å²) in [5.74, 6) is 0.338. The van der Waals surface area contributed by atoms with Crippen LogP contribution in [0.2, 0.25) is 0 Å². The van der Waals surface area contributed by atoms with Crippen LogP contribution in [-0.4, -0.2) is 33.0 Å². The molecule has 1 heterocycles. The van der Waals surface area contributed by atoms with Gasteiger partial charge in [-0.05, 0) is 18.2 Å². The molecule has 3 heteroatoms. The number of ketones is 1. The first-order valence-corrected chi connectivity index (χ1v) is 5.21. The van der Waals surface area contributed by atoms with E-state index in [1.54, 1.807) is 0 Å². The zero-order chi connectivity index (χ0) is 10.8. The summed E-state index contributed by atoms with van der Waals surface area (Å²) in [6, 6.07) is 8.29. The lowest BCUT2D eigenvalue weighted by Gasteiger charge is -2.19. The molecule has 0 amide bonds. The normalized spacial score (nSPS) is 15.9. The molecule has 1 fully saturated rings. The van der Waals surface area contributed by atoms with Gasteiger partial charge in [-0.2, -0.15) is 0 Å². The lowest BCUT2D eigenvalue weighted by molar-refractivity contribution is -0.116. The molecule has 0 saturated carbocycles. The molecular weight excluding hydrogens is 188 g/mol. The number of carbonyl (C=O) groups excluding carboxylic acids is 1. The summed E-state index contributed by atoms with van der Waals surface area (Å²) in [5.41, 5.74) is 2.32. The summed E-state index contributed by atoms with van der Waals surface area (Å²) in [6.07, 6.45) is 0.687. The molecule has 1 aromatic rings. The molecule has 1 saturated heterocycles. The van der Waals surface area contributed by atoms with E-state index in [0.29, 0.717) is 18.7 Å². The average molecular weight is 204 g/mol. The number of benzene rings is 1. The first-order chi connectivity index (χ1) is 7.16. The van der Waals surface area contributed by atoms with E-state index in [-0.39, 0.29) is 0 Å². The van der Waals surface area contributed by atoms with Gasteiger partial charge in [-0.1, -0.05) is 6.07 Å². The fourth-order valence-corrected chi connectivity index (χ4v) is 1.82. The zero-order valence-corrected chi connectivity index (χ0v) is 9.23. The molecule has 1 aliphatic heterocycles. The molecule has 0 N–H and O–H groups in total. The first kappa shape index (κ1) is 10.0. The van der Waals surface area contributed by atoms with Crippen LogP contribution in [0.3, 0.4) is 0 Å². The number of hydrogen-bond donors (Lipinski definition) is 0. The lowest BCUT2D eigenvalue weighted by atomic mass is 10.2. The van der Waals surface area contributed by atoms with Gasteiger partial charge in [0.15, 0.2) is 5.78 Å². The Balaban J connectivity index is 2.21. The first-order valence-electron chi connectivity index (χ1n) is 5.21. The molecule has 0 spiro atoms. The van der Waals surface area contributed by atoms with Gasteiger partial charge >= 0.3 is 0 Å². The van der Waals surface area contributed by atoms with Gasteiger partial charge in [0.25, 0.3) is 0 Å². The molecule has 0 atom stereocenters. The quantitative estimate of drug-likeness (QED) is 0.730. The van der Waals surface area contributed by atoms with Gasteiger partial charge in [0, 0.05) is 38.4 Å². The van der Waals surface area contributed by atoms with E-state index in [9.17, 15) is 4.79 Å². The second-order valence-electron chi connectivity index (χ2n) is 4.12. The highest BCUT2D eigenvalue weighted by atomic mass is 16.1. The van der Waals surface area contributed by atoms with Crippen LogP contribution in [0, 0.1) is 0 Å². The van der Waals surface area contributed by atoms with E-state index in [2.05, 4.69) is 28.0 Å². The van der Waals surface area contributed by atoms with Crippen molar-refractivity contribution >= 4 is 17.2 Å². The fraction of sp³-hybridized carbons (Fsp3) is 0.417. The highest BCUT2D eigenvalue weighted by Crippen LogP contribution is 2.23. The molecule has 2 rings (SSSR count). The van der Waals surface area contributed by atoms with Crippen LogP contribution < -0.4 is 9.80 Å². The molecule has 80 valence electrons. The van der Waals surface area contributed by atoms with Gasteiger partial charge in [0.05, 0.1) is 6.54 Å². The van der Waals surface area contributed by atoms with Gasteiger partial charge in [-0.3, -0.25) is 4.79 Å². The molecule has 3 nitrogen and oxygen atoms in total. The number of carbonyl (C=O) groups is 1. The van der Waals surface area contributed by atoms with Crippen LogP contribution in [-0.2, 0) is 4.79 Å². The maximum atomic E-state index is 11.2. The van der Waals surface area contributed by atoms with Gasteiger partial charge in [-0.25, -0.2) is 0 Å². The van der Waals surface area contributed by atoms with Crippen LogP contribution in [0.4, 0.5) is 11.4 Å². The van der Waals surface area contributed by atoms with Crippen LogP contribution in [0.25, 0.3) is 0 Å². The Bertz CT molecular complexity index is 374. The minimum Gasteiger partial charge on any atom is -0.378 e. The number of Topliss-reactive ketones (excluding diaryl/α,β-unsaturated/α-hetero) is 1. The van der Waals surface area contributed by atoms with E-state index < -0.39 is 0 Å². The lowest BCUT2D eigenvalue weighted by Crippen LogP contribution is -2.20. The van der Waals surface area contributed by atoms with Gasteiger partial charge in [0.1, 0.15) is 0 Å². The Morgan fingerprint density at radius 1 is 1.33 bits per heavy atom. The van der Waals surface area contributed by atoms with Gasteiger partial charge in [0.2, 0.25) is 0 Å². The third kappa shape index (κ3) is 2.12. The van der Waals surface area contributed by atoms with E-state index in [0.717, 1.165) is 12.2 Å². The maximum absolute atomic E-state index is 11.2. The molecule has 0 aliphatic carbocycles. The van der Waals surface area contributed by atoms with E-state index in [4.69, 9.17) is 0 Å². The minimum atomic E-state index is 0.338. The Kier molecular flexibility index (Phi) is 2.62. The van der Waals surface area contributed by atoms with Crippen molar-refractivity contribution in [1.82, 2.24) is 0 Å². The standard InChI is InChI=1S/C12H16N2O/c1-13(2)10-4-3-5-11(8-10)14-7-6-12(15)9-14/h3-5,8H,6-7,9H2,1-2H3. The summed E-state index contributed by atoms with van der Waals surface area (Å²) in [5, 5.41) is 0. The highest BCUT2D eigenvalue weighted by molar-refractivity contribution is 5.87. The van der Waals surface area contributed by atoms with Crippen LogP contribution in [0.5, 0.6) is 0 Å². The van der Waals surface area contributed by atoms with Crippen molar-refractivity contribution < 1.29 is 4.79 Å². The van der Waals surface area contributed by atoms with Crippen molar-refractivity contribution in [2.45, 2.75) is 6.42 Å². The average Bonchev–Trinajstić information content (AvgIpc) is 2.65. The minimum absolute atomic E-state index is 0.338. The largest absolute Gasteiger partial charge is 0.378 e. The predicted octanol–water partition coefficient (Wildman–Crippen LogP) is 1.53. The molecule has 0 aromatic heterocycles. The molecular formula is C12H16N2O. The second-order valence-corrected chi connectivity index (χ2v) is 4.12. The van der Waals surface area contributed by atoms with Crippen molar-refractivity contribution in [2.75, 3.05) is 37.0 Å². The van der Waals surface area contributed by atoms with E-state index in [1.807, 2.05) is 20.2 Å². The van der Waals surface area contributed by atoms with Crippen LogP contribution >= 0.6 is 0 Å². The summed E-state index contributed by atoms with van der Waals surface area (Å²) in [4.78, 5) is 15.4. The monoisotopic (exact) mass is 204 g/mol. The Hall–Kier alpha value is -1.51. The SMILES string of the molecule is CN(C)c1cccc(N2CCC(=O)C2)c1. The molecule has 1 aliphatic rings. The van der Waals surface area contributed by atoms with Crippen LogP contribution in [0.1, 0.15) is 6.42 Å². The molecule has 0 bridgehead atoms. The number of anilines is 2. The Labute approximate surface area is 90.3 Å². The Morgan fingerprint density at radius 3 is 2.73 bits per heavy atom. The van der Waals surface area contributed by atoms with Crippen molar-refractivity contribution in [3.8, 4) is 0 Å². The van der Waals surface area contributed by atoms with Crippen molar-refractivity contribution in [3.63, 3.8) is 0 Å². The number of hydrogen-bond acceptors (Lipinski definition) is 3. The molecule has 0 radical (unpaired) electrons. The molecule has 15 heavy (non-hydrogen) atoms. The predicted molar refractivity (Wildman–Crippen MR) is 62.6 cm³/mol.